The summed E-state index contributed by atoms with van der Waals surface area (Å²) in [6, 6.07) is 15.7. The number of benzene rings is 2. The van der Waals surface area contributed by atoms with Crippen molar-refractivity contribution in [1.29, 1.82) is 0 Å². The van der Waals surface area contributed by atoms with Crippen LogP contribution in [0.15, 0.2) is 54.6 Å². The maximum absolute atomic E-state index is 12.3. The van der Waals surface area contributed by atoms with Crippen molar-refractivity contribution in [2.45, 2.75) is 80.9 Å². The van der Waals surface area contributed by atoms with Crippen molar-refractivity contribution in [2.75, 3.05) is 27.4 Å². The number of hydrogen-bond donors (Lipinski definition) is 3. The Hall–Kier alpha value is -2.69. The Morgan fingerprint density at radius 3 is 2.02 bits per heavy atom. The third-order valence-electron chi connectivity index (χ3n) is 8.03. The summed E-state index contributed by atoms with van der Waals surface area (Å²) in [4.78, 5) is 12.3. The Balaban J connectivity index is 1.22. The van der Waals surface area contributed by atoms with E-state index in [-0.39, 0.29) is 19.1 Å². The summed E-state index contributed by atoms with van der Waals surface area (Å²) in [6.07, 6.45) is -10.6. The lowest BCUT2D eigenvalue weighted by molar-refractivity contribution is -0.393. The first kappa shape index (κ1) is 30.3. The molecule has 4 saturated heterocycles. The number of aliphatic hydroxyl groups is 2. The van der Waals surface area contributed by atoms with Gasteiger partial charge in [-0.3, -0.25) is 4.79 Å². The predicted octanol–water partition coefficient (Wildman–Crippen LogP) is 0.931. The molecule has 0 unspecified atom stereocenters. The second-order valence-electron chi connectivity index (χ2n) is 10.8. The number of aliphatic hydroxyl groups excluding tert-OH is 2. The van der Waals surface area contributed by atoms with Crippen LogP contribution in [0, 0.1) is 0 Å². The Bertz CT molecular complexity index is 1220. The highest BCUT2D eigenvalue weighted by Crippen LogP contribution is 2.39. The number of carbonyl (C=O) groups excluding carboxylic acids is 1. The van der Waals surface area contributed by atoms with E-state index in [4.69, 9.17) is 42.6 Å². The molecule has 2 aromatic carbocycles. The number of hydrogen-bond acceptors (Lipinski definition) is 12. The van der Waals surface area contributed by atoms with E-state index in [0.717, 1.165) is 11.1 Å². The van der Waals surface area contributed by atoms with Crippen LogP contribution in [0.3, 0.4) is 0 Å². The van der Waals surface area contributed by atoms with Crippen LogP contribution in [0.5, 0.6) is 5.75 Å². The van der Waals surface area contributed by atoms with Gasteiger partial charge in [0.25, 0.3) is 0 Å². The molecule has 12 atom stereocenters. The summed E-state index contributed by atoms with van der Waals surface area (Å²) < 4.78 is 53.7. The van der Waals surface area contributed by atoms with Crippen LogP contribution in [0.4, 0.5) is 0 Å². The number of methoxy groups -OCH3 is 2. The van der Waals surface area contributed by atoms with Gasteiger partial charge in [0.15, 0.2) is 25.2 Å². The van der Waals surface area contributed by atoms with Gasteiger partial charge in [0.05, 0.1) is 20.3 Å². The van der Waals surface area contributed by atoms with E-state index in [0.29, 0.717) is 5.75 Å². The van der Waals surface area contributed by atoms with E-state index in [1.807, 2.05) is 42.5 Å². The van der Waals surface area contributed by atoms with Gasteiger partial charge in [0.2, 0.25) is 5.91 Å². The van der Waals surface area contributed by atoms with Gasteiger partial charge in [0.1, 0.15) is 54.5 Å². The van der Waals surface area contributed by atoms with E-state index in [2.05, 4.69) is 5.32 Å². The van der Waals surface area contributed by atoms with Gasteiger partial charge in [-0.25, -0.2) is 0 Å². The predicted molar refractivity (Wildman–Crippen MR) is 145 cm³/mol. The SMILES string of the molecule is COc1ccc([C@H]2OC[C@H]3O[C@H](OC)[C@H](NC(C)=O)[C@@H](O[C@@H]4O[C@@H]5CO[C@H](c6ccccc6)O[C@@H]5[C@H](O)[C@H]4O)[C@H]3O2)cc1. The van der Waals surface area contributed by atoms with Crippen LogP contribution < -0.4 is 10.1 Å². The van der Waals surface area contributed by atoms with Gasteiger partial charge in [-0.15, -0.1) is 0 Å². The highest BCUT2D eigenvalue weighted by molar-refractivity contribution is 5.73. The molecule has 4 fully saturated rings. The second-order valence-corrected chi connectivity index (χ2v) is 10.8. The summed E-state index contributed by atoms with van der Waals surface area (Å²) in [5.41, 5.74) is 1.51. The minimum absolute atomic E-state index is 0.0907. The number of rotatable bonds is 7. The van der Waals surface area contributed by atoms with Crippen molar-refractivity contribution in [2.24, 2.45) is 0 Å². The molecule has 43 heavy (non-hydrogen) atoms. The average molecular weight is 604 g/mol. The number of amides is 1. The van der Waals surface area contributed by atoms with Crippen LogP contribution in [-0.4, -0.2) is 105 Å². The van der Waals surface area contributed by atoms with Crippen LogP contribution in [0.1, 0.15) is 30.6 Å². The Morgan fingerprint density at radius 1 is 0.791 bits per heavy atom. The number of carbonyl (C=O) groups is 1. The lowest BCUT2D eigenvalue weighted by Gasteiger charge is -2.51. The van der Waals surface area contributed by atoms with Crippen molar-refractivity contribution < 1.29 is 57.6 Å². The summed E-state index contributed by atoms with van der Waals surface area (Å²) in [5.74, 6) is 0.326. The molecule has 13 nitrogen and oxygen atoms in total. The molecule has 3 N–H and O–H groups in total. The maximum atomic E-state index is 12.3. The molecule has 0 aromatic heterocycles. The molecule has 0 saturated carbocycles. The van der Waals surface area contributed by atoms with Gasteiger partial charge >= 0.3 is 0 Å². The molecule has 4 aliphatic heterocycles. The molecule has 0 aliphatic carbocycles. The summed E-state index contributed by atoms with van der Waals surface area (Å²) in [6.45, 7) is 1.59. The first-order valence-electron chi connectivity index (χ1n) is 14.2. The van der Waals surface area contributed by atoms with Crippen molar-refractivity contribution in [1.82, 2.24) is 5.32 Å². The minimum Gasteiger partial charge on any atom is -0.497 e. The third kappa shape index (κ3) is 6.28. The zero-order chi connectivity index (χ0) is 30.1. The van der Waals surface area contributed by atoms with Gasteiger partial charge in [-0.05, 0) is 12.1 Å². The number of nitrogens with one attached hydrogen (secondary N) is 1. The molecule has 0 spiro atoms. The van der Waals surface area contributed by atoms with Crippen LogP contribution in [0.25, 0.3) is 0 Å². The summed E-state index contributed by atoms with van der Waals surface area (Å²) in [5, 5.41) is 25.2. The number of ether oxygens (including phenoxy) is 9. The first-order chi connectivity index (χ1) is 20.9. The topological polar surface area (TPSA) is 153 Å². The van der Waals surface area contributed by atoms with E-state index in [1.165, 1.54) is 14.0 Å². The molecule has 234 valence electrons. The van der Waals surface area contributed by atoms with Crippen LogP contribution >= 0.6 is 0 Å². The molecule has 13 heteroatoms. The lowest BCUT2D eigenvalue weighted by Crippen LogP contribution is -2.69. The standard InChI is InChI=1S/C30H37NO12/c1-15(32)31-21-26(25-20(39-29(21)36-3)14-38-28(42-25)17-9-11-18(35-2)12-10-17)43-30-23(34)22(33)24-19(40-30)13-37-27(41-24)16-7-5-4-6-8-16/h4-12,19-30,33-34H,13-14H2,1-3H3,(H,31,32)/t19-,20-,21-,22-,23-,24+,25+,26-,27+,28+,29+,30+/m1/s1. The molecule has 2 aromatic rings. The van der Waals surface area contributed by atoms with Crippen LogP contribution in [0.2, 0.25) is 0 Å². The molecule has 1 amide bonds. The Kier molecular flexibility index (Phi) is 9.26. The fraction of sp³-hybridized carbons (Fsp3) is 0.567. The molecular weight excluding hydrogens is 566 g/mol. The fourth-order valence-corrected chi connectivity index (χ4v) is 5.88. The average Bonchev–Trinajstić information content (AvgIpc) is 3.04. The number of fused-ring (bicyclic) bond motifs is 2. The molecule has 4 aliphatic rings. The Morgan fingerprint density at radius 2 is 1.40 bits per heavy atom. The summed E-state index contributed by atoms with van der Waals surface area (Å²) in [7, 11) is 3.03. The van der Waals surface area contributed by atoms with E-state index in [9.17, 15) is 15.0 Å². The van der Waals surface area contributed by atoms with Crippen molar-refractivity contribution in [3.8, 4) is 5.75 Å². The van der Waals surface area contributed by atoms with Crippen molar-refractivity contribution in [3.63, 3.8) is 0 Å². The van der Waals surface area contributed by atoms with E-state index < -0.39 is 73.9 Å². The smallest absolute Gasteiger partial charge is 0.217 e. The molecule has 4 heterocycles. The van der Waals surface area contributed by atoms with Crippen molar-refractivity contribution >= 4 is 5.91 Å². The third-order valence-corrected chi connectivity index (χ3v) is 8.03. The molecule has 0 bridgehead atoms. The highest BCUT2D eigenvalue weighted by atomic mass is 16.8. The van der Waals surface area contributed by atoms with E-state index >= 15 is 0 Å². The first-order valence-corrected chi connectivity index (χ1v) is 14.2. The zero-order valence-electron chi connectivity index (χ0n) is 24.0. The summed E-state index contributed by atoms with van der Waals surface area (Å²) >= 11 is 0. The normalized spacial score (nSPS) is 39.3. The molecule has 0 radical (unpaired) electrons. The fourth-order valence-electron chi connectivity index (χ4n) is 5.88. The quantitative estimate of drug-likeness (QED) is 0.413. The van der Waals surface area contributed by atoms with Gasteiger partial charge in [-0.2, -0.15) is 0 Å². The lowest BCUT2D eigenvalue weighted by atomic mass is 9.94. The van der Waals surface area contributed by atoms with Gasteiger partial charge < -0.3 is 58.2 Å². The minimum atomic E-state index is -1.49. The monoisotopic (exact) mass is 603 g/mol. The Labute approximate surface area is 248 Å². The van der Waals surface area contributed by atoms with E-state index in [1.54, 1.807) is 19.2 Å². The molecule has 6 rings (SSSR count). The van der Waals surface area contributed by atoms with Gasteiger partial charge in [0, 0.05) is 25.2 Å². The highest BCUT2D eigenvalue weighted by Gasteiger charge is 2.55. The van der Waals surface area contributed by atoms with Gasteiger partial charge in [-0.1, -0.05) is 42.5 Å². The second kappa shape index (κ2) is 13.1. The van der Waals surface area contributed by atoms with Crippen molar-refractivity contribution in [3.05, 3.63) is 65.7 Å². The van der Waals surface area contributed by atoms with Crippen LogP contribution in [-0.2, 0) is 42.7 Å². The largest absolute Gasteiger partial charge is 0.497 e. The zero-order valence-corrected chi connectivity index (χ0v) is 24.0. The maximum Gasteiger partial charge on any atom is 0.217 e. The molecular formula is C30H37NO12.